The third-order valence-electron chi connectivity index (χ3n) is 2.09. The van der Waals surface area contributed by atoms with Crippen molar-refractivity contribution >= 4 is 23.8 Å². The SMILES string of the molecule is Cc1cc(-c2ccc(Cl)cc2F)nc(=S)[nH]1. The van der Waals surface area contributed by atoms with Gasteiger partial charge in [-0.2, -0.15) is 0 Å². The zero-order chi connectivity index (χ0) is 11.7. The number of aromatic nitrogens is 2. The molecule has 0 amide bonds. The van der Waals surface area contributed by atoms with Crippen molar-refractivity contribution in [2.24, 2.45) is 0 Å². The van der Waals surface area contributed by atoms with E-state index in [1.54, 1.807) is 18.2 Å². The molecule has 2 aromatic rings. The maximum atomic E-state index is 13.6. The molecule has 2 nitrogen and oxygen atoms in total. The van der Waals surface area contributed by atoms with Crippen molar-refractivity contribution in [1.29, 1.82) is 0 Å². The fourth-order valence-electron chi connectivity index (χ4n) is 1.41. The summed E-state index contributed by atoms with van der Waals surface area (Å²) in [4.78, 5) is 6.94. The van der Waals surface area contributed by atoms with Gasteiger partial charge in [0.05, 0.1) is 5.69 Å². The third-order valence-corrected chi connectivity index (χ3v) is 2.51. The first-order valence-corrected chi connectivity index (χ1v) is 5.38. The molecular formula is C11H8ClFN2S. The van der Waals surface area contributed by atoms with Gasteiger partial charge in [-0.25, -0.2) is 9.37 Å². The largest absolute Gasteiger partial charge is 0.335 e. The van der Waals surface area contributed by atoms with Gasteiger partial charge in [0.15, 0.2) is 4.77 Å². The topological polar surface area (TPSA) is 28.7 Å². The molecule has 0 aliphatic heterocycles. The molecule has 0 aliphatic carbocycles. The highest BCUT2D eigenvalue weighted by Crippen LogP contribution is 2.23. The lowest BCUT2D eigenvalue weighted by molar-refractivity contribution is 0.630. The van der Waals surface area contributed by atoms with Crippen molar-refractivity contribution in [3.63, 3.8) is 0 Å². The summed E-state index contributed by atoms with van der Waals surface area (Å²) < 4.78 is 14.0. The van der Waals surface area contributed by atoms with E-state index in [-0.39, 0.29) is 0 Å². The Balaban J connectivity index is 2.63. The summed E-state index contributed by atoms with van der Waals surface area (Å²) in [5, 5.41) is 0.360. The maximum Gasteiger partial charge on any atom is 0.197 e. The number of nitrogens with one attached hydrogen (secondary N) is 1. The second-order valence-electron chi connectivity index (χ2n) is 3.38. The van der Waals surface area contributed by atoms with Crippen LogP contribution in [0.3, 0.4) is 0 Å². The van der Waals surface area contributed by atoms with Crippen LogP contribution in [0, 0.1) is 17.5 Å². The molecule has 0 atom stereocenters. The lowest BCUT2D eigenvalue weighted by atomic mass is 10.1. The van der Waals surface area contributed by atoms with E-state index in [4.69, 9.17) is 23.8 Å². The van der Waals surface area contributed by atoms with Crippen LogP contribution in [0.5, 0.6) is 0 Å². The summed E-state index contributed by atoms with van der Waals surface area (Å²) in [5.41, 5.74) is 1.74. The van der Waals surface area contributed by atoms with Gasteiger partial charge in [-0.3, -0.25) is 0 Å². The summed E-state index contributed by atoms with van der Waals surface area (Å²) >= 11 is 10.6. The Hall–Kier alpha value is -1.26. The van der Waals surface area contributed by atoms with Gasteiger partial charge in [0.25, 0.3) is 0 Å². The van der Waals surface area contributed by atoms with E-state index in [0.29, 0.717) is 21.1 Å². The Bertz CT molecular complexity index is 595. The molecule has 0 bridgehead atoms. The molecule has 1 aromatic carbocycles. The second kappa shape index (κ2) is 4.31. The fourth-order valence-corrected chi connectivity index (χ4v) is 1.83. The van der Waals surface area contributed by atoms with Crippen LogP contribution in [-0.2, 0) is 0 Å². The van der Waals surface area contributed by atoms with Crippen molar-refractivity contribution in [3.05, 3.63) is 45.6 Å². The normalized spacial score (nSPS) is 10.4. The molecule has 5 heteroatoms. The number of aromatic amines is 1. The minimum absolute atomic E-state index is 0.337. The highest BCUT2D eigenvalue weighted by Gasteiger charge is 2.07. The monoisotopic (exact) mass is 254 g/mol. The van der Waals surface area contributed by atoms with Crippen LogP contribution in [0.1, 0.15) is 5.69 Å². The van der Waals surface area contributed by atoms with Crippen LogP contribution >= 0.6 is 23.8 Å². The predicted molar refractivity (Wildman–Crippen MR) is 64.6 cm³/mol. The molecule has 16 heavy (non-hydrogen) atoms. The Morgan fingerprint density at radius 3 is 2.75 bits per heavy atom. The zero-order valence-electron chi connectivity index (χ0n) is 8.42. The lowest BCUT2D eigenvalue weighted by Crippen LogP contribution is -1.92. The molecule has 82 valence electrons. The standard InChI is InChI=1S/C11H8ClFN2S/c1-6-4-10(15-11(16)14-6)8-3-2-7(12)5-9(8)13/h2-5H,1H3,(H,14,15,16). The number of rotatable bonds is 1. The summed E-state index contributed by atoms with van der Waals surface area (Å²) in [5.74, 6) is -0.403. The van der Waals surface area contributed by atoms with Crippen LogP contribution in [0.4, 0.5) is 4.39 Å². The summed E-state index contributed by atoms with van der Waals surface area (Å²) in [6, 6.07) is 6.21. The summed E-state index contributed by atoms with van der Waals surface area (Å²) in [6.45, 7) is 1.84. The first-order valence-electron chi connectivity index (χ1n) is 4.59. The van der Waals surface area contributed by atoms with Gasteiger partial charge in [0.1, 0.15) is 5.82 Å². The molecule has 0 fully saturated rings. The van der Waals surface area contributed by atoms with Crippen molar-refractivity contribution in [2.75, 3.05) is 0 Å². The van der Waals surface area contributed by atoms with E-state index in [0.717, 1.165) is 5.69 Å². The van der Waals surface area contributed by atoms with Crippen LogP contribution in [0.25, 0.3) is 11.3 Å². The van der Waals surface area contributed by atoms with Crippen LogP contribution in [-0.4, -0.2) is 9.97 Å². The highest BCUT2D eigenvalue weighted by molar-refractivity contribution is 7.71. The average molecular weight is 255 g/mol. The van der Waals surface area contributed by atoms with Crippen molar-refractivity contribution < 1.29 is 4.39 Å². The Labute approximate surface area is 102 Å². The number of halogens is 2. The average Bonchev–Trinajstić information content (AvgIpc) is 2.15. The minimum Gasteiger partial charge on any atom is -0.335 e. The van der Waals surface area contributed by atoms with Gasteiger partial charge in [0, 0.05) is 16.3 Å². The van der Waals surface area contributed by atoms with Gasteiger partial charge >= 0.3 is 0 Å². The summed E-state index contributed by atoms with van der Waals surface area (Å²) in [7, 11) is 0. The van der Waals surface area contributed by atoms with Crippen molar-refractivity contribution in [2.45, 2.75) is 6.92 Å². The zero-order valence-corrected chi connectivity index (χ0v) is 9.99. The van der Waals surface area contributed by atoms with Gasteiger partial charge < -0.3 is 4.98 Å². The van der Waals surface area contributed by atoms with Crippen LogP contribution in [0.15, 0.2) is 24.3 Å². The molecule has 2 rings (SSSR count). The number of H-pyrrole nitrogens is 1. The summed E-state index contributed by atoms with van der Waals surface area (Å²) in [6.07, 6.45) is 0. The van der Waals surface area contributed by atoms with Gasteiger partial charge in [-0.05, 0) is 43.4 Å². The number of benzene rings is 1. The molecule has 0 radical (unpaired) electrons. The number of aryl methyl sites for hydroxylation is 1. The number of hydrogen-bond donors (Lipinski definition) is 1. The molecule has 1 aromatic heterocycles. The molecule has 1 heterocycles. The minimum atomic E-state index is -0.403. The van der Waals surface area contributed by atoms with Crippen LogP contribution in [0.2, 0.25) is 5.02 Å². The van der Waals surface area contributed by atoms with E-state index in [2.05, 4.69) is 9.97 Å². The predicted octanol–water partition coefficient (Wildman–Crippen LogP) is 3.91. The molecule has 1 N–H and O–H groups in total. The molecule has 0 unspecified atom stereocenters. The first-order chi connectivity index (χ1) is 7.56. The van der Waals surface area contributed by atoms with E-state index in [9.17, 15) is 4.39 Å². The molecule has 0 aliphatic rings. The fraction of sp³-hybridized carbons (Fsp3) is 0.0909. The maximum absolute atomic E-state index is 13.6. The lowest BCUT2D eigenvalue weighted by Gasteiger charge is -2.04. The molecular weight excluding hydrogens is 247 g/mol. The van der Waals surface area contributed by atoms with Crippen LogP contribution < -0.4 is 0 Å². The molecule has 0 saturated carbocycles. The molecule has 0 spiro atoms. The smallest absolute Gasteiger partial charge is 0.197 e. The Morgan fingerprint density at radius 1 is 1.38 bits per heavy atom. The van der Waals surface area contributed by atoms with E-state index >= 15 is 0 Å². The quantitative estimate of drug-likeness (QED) is 0.782. The Kier molecular flexibility index (Phi) is 3.03. The van der Waals surface area contributed by atoms with E-state index in [1.165, 1.54) is 6.07 Å². The van der Waals surface area contributed by atoms with Gasteiger partial charge in [-0.15, -0.1) is 0 Å². The van der Waals surface area contributed by atoms with Gasteiger partial charge in [0.2, 0.25) is 0 Å². The van der Waals surface area contributed by atoms with Crippen molar-refractivity contribution in [3.8, 4) is 11.3 Å². The molecule has 0 saturated heterocycles. The van der Waals surface area contributed by atoms with E-state index in [1.807, 2.05) is 6.92 Å². The van der Waals surface area contributed by atoms with Gasteiger partial charge in [-0.1, -0.05) is 11.6 Å². The van der Waals surface area contributed by atoms with E-state index < -0.39 is 5.82 Å². The Morgan fingerprint density at radius 2 is 2.12 bits per heavy atom. The van der Waals surface area contributed by atoms with Crippen molar-refractivity contribution in [1.82, 2.24) is 9.97 Å². The highest BCUT2D eigenvalue weighted by atomic mass is 35.5. The third kappa shape index (κ3) is 2.28. The first kappa shape index (κ1) is 11.2. The number of hydrogen-bond acceptors (Lipinski definition) is 2. The number of nitrogens with zero attached hydrogens (tertiary/aromatic N) is 1. The second-order valence-corrected chi connectivity index (χ2v) is 4.20.